The first-order chi connectivity index (χ1) is 15.7. The summed E-state index contributed by atoms with van der Waals surface area (Å²) in [6.07, 6.45) is 0.549. The van der Waals surface area contributed by atoms with E-state index in [9.17, 15) is 28.0 Å². The second kappa shape index (κ2) is 8.27. The number of para-hydroxylation sites is 1. The summed E-state index contributed by atoms with van der Waals surface area (Å²) in [5.74, 6) is -4.16. The van der Waals surface area contributed by atoms with Gasteiger partial charge in [-0.15, -0.1) is 0 Å². The predicted molar refractivity (Wildman–Crippen MR) is 114 cm³/mol. The van der Waals surface area contributed by atoms with Crippen molar-refractivity contribution < 1.29 is 28.0 Å². The van der Waals surface area contributed by atoms with Gasteiger partial charge in [0.2, 0.25) is 17.7 Å². The highest BCUT2D eigenvalue weighted by Crippen LogP contribution is 2.43. The number of benzene rings is 2. The molecule has 2 heterocycles. The lowest BCUT2D eigenvalue weighted by molar-refractivity contribution is -0.130. The van der Waals surface area contributed by atoms with Crippen LogP contribution in [0.3, 0.4) is 0 Å². The highest BCUT2D eigenvalue weighted by Gasteiger charge is 2.53. The van der Waals surface area contributed by atoms with Crippen LogP contribution >= 0.6 is 0 Å². The van der Waals surface area contributed by atoms with Crippen molar-refractivity contribution in [2.45, 2.75) is 31.5 Å². The molecule has 1 fully saturated rings. The van der Waals surface area contributed by atoms with E-state index in [0.717, 1.165) is 12.1 Å². The molecule has 8 nitrogen and oxygen atoms in total. The molecule has 0 spiro atoms. The summed E-state index contributed by atoms with van der Waals surface area (Å²) >= 11 is 0. The summed E-state index contributed by atoms with van der Waals surface area (Å²) in [5.41, 5.74) is -0.221. The van der Waals surface area contributed by atoms with Gasteiger partial charge < -0.3 is 15.5 Å². The normalized spacial score (nSPS) is 20.2. The van der Waals surface area contributed by atoms with Crippen molar-refractivity contribution in [2.24, 2.45) is 0 Å². The van der Waals surface area contributed by atoms with Crippen molar-refractivity contribution in [3.8, 4) is 0 Å². The number of carbonyl (C=O) groups excluding carboxylic acids is 4. The summed E-state index contributed by atoms with van der Waals surface area (Å²) in [7, 11) is 1.34. The van der Waals surface area contributed by atoms with Gasteiger partial charge >= 0.3 is 0 Å². The fourth-order valence-electron chi connectivity index (χ4n) is 4.43. The van der Waals surface area contributed by atoms with Crippen LogP contribution in [-0.2, 0) is 14.4 Å². The minimum atomic E-state index is -1.31. The van der Waals surface area contributed by atoms with Crippen LogP contribution in [0.4, 0.5) is 14.5 Å². The van der Waals surface area contributed by atoms with E-state index in [-0.39, 0.29) is 17.9 Å². The SMILES string of the molecule is CNC(=O)C(NC(=O)CN1C(=O)c2ccccc2N2C(=O)CCC12C)c1ccc(F)c(F)c1. The second-order valence-corrected chi connectivity index (χ2v) is 8.14. The molecule has 0 aliphatic carbocycles. The minimum Gasteiger partial charge on any atom is -0.357 e. The van der Waals surface area contributed by atoms with Crippen molar-refractivity contribution in [1.82, 2.24) is 15.5 Å². The zero-order valence-electron chi connectivity index (χ0n) is 18.0. The summed E-state index contributed by atoms with van der Waals surface area (Å²) in [5, 5.41) is 4.87. The number of nitrogens with zero attached hydrogens (tertiary/aromatic N) is 2. The second-order valence-electron chi connectivity index (χ2n) is 8.14. The lowest BCUT2D eigenvalue weighted by Crippen LogP contribution is -2.64. The van der Waals surface area contributed by atoms with E-state index >= 15 is 0 Å². The predicted octanol–water partition coefficient (Wildman–Crippen LogP) is 1.87. The lowest BCUT2D eigenvalue weighted by Gasteiger charge is -2.48. The van der Waals surface area contributed by atoms with Crippen LogP contribution < -0.4 is 15.5 Å². The Hall–Kier alpha value is -3.82. The van der Waals surface area contributed by atoms with Gasteiger partial charge in [-0.3, -0.25) is 24.1 Å². The maximum Gasteiger partial charge on any atom is 0.258 e. The van der Waals surface area contributed by atoms with E-state index in [1.165, 1.54) is 22.9 Å². The van der Waals surface area contributed by atoms with Gasteiger partial charge in [-0.1, -0.05) is 18.2 Å². The fraction of sp³-hybridized carbons (Fsp3) is 0.304. The number of likely N-dealkylation sites (N-methyl/N-ethyl adjacent to an activating group) is 1. The van der Waals surface area contributed by atoms with Gasteiger partial charge in [-0.05, 0) is 43.2 Å². The third kappa shape index (κ3) is 3.71. The Kier molecular flexibility index (Phi) is 5.61. The molecule has 2 aliphatic heterocycles. The standard InChI is InChI=1S/C23H22F2N4O4/c1-23-10-9-19(31)29(23)17-6-4-3-5-14(17)22(33)28(23)12-18(30)27-20(21(32)26-2)13-7-8-15(24)16(25)11-13/h3-8,11,20H,9-10,12H2,1-2H3,(H,26,32)(H,27,30). The number of hydrogen-bond acceptors (Lipinski definition) is 4. The first-order valence-corrected chi connectivity index (χ1v) is 10.4. The number of anilines is 1. The largest absolute Gasteiger partial charge is 0.357 e. The molecular formula is C23H22F2N4O4. The molecule has 172 valence electrons. The third-order valence-electron chi connectivity index (χ3n) is 6.14. The lowest BCUT2D eigenvalue weighted by atomic mass is 9.98. The first kappa shape index (κ1) is 22.4. The molecule has 0 aromatic heterocycles. The van der Waals surface area contributed by atoms with E-state index in [4.69, 9.17) is 0 Å². The van der Waals surface area contributed by atoms with E-state index in [2.05, 4.69) is 10.6 Å². The maximum absolute atomic E-state index is 13.7. The summed E-state index contributed by atoms with van der Waals surface area (Å²) in [6.45, 7) is 1.27. The van der Waals surface area contributed by atoms with Crippen molar-refractivity contribution >= 4 is 29.3 Å². The number of nitrogens with one attached hydrogen (secondary N) is 2. The number of rotatable bonds is 5. The van der Waals surface area contributed by atoms with Crippen LogP contribution in [0.5, 0.6) is 0 Å². The van der Waals surface area contributed by atoms with Crippen LogP contribution in [0.2, 0.25) is 0 Å². The third-order valence-corrected chi connectivity index (χ3v) is 6.14. The smallest absolute Gasteiger partial charge is 0.258 e. The first-order valence-electron chi connectivity index (χ1n) is 10.4. The molecule has 10 heteroatoms. The Balaban J connectivity index is 1.63. The summed E-state index contributed by atoms with van der Waals surface area (Å²) < 4.78 is 27.1. The summed E-state index contributed by atoms with van der Waals surface area (Å²) in [4.78, 5) is 54.1. The van der Waals surface area contributed by atoms with Crippen molar-refractivity contribution in [2.75, 3.05) is 18.5 Å². The van der Waals surface area contributed by atoms with Gasteiger partial charge in [0.05, 0.1) is 11.3 Å². The van der Waals surface area contributed by atoms with Crippen LogP contribution in [0.15, 0.2) is 42.5 Å². The van der Waals surface area contributed by atoms with Crippen LogP contribution in [0.25, 0.3) is 0 Å². The zero-order valence-corrected chi connectivity index (χ0v) is 18.0. The molecule has 2 unspecified atom stereocenters. The molecule has 2 aromatic carbocycles. The average molecular weight is 456 g/mol. The topological polar surface area (TPSA) is 98.8 Å². The van der Waals surface area contributed by atoms with Crippen LogP contribution in [0, 0.1) is 11.6 Å². The number of carbonyl (C=O) groups is 4. The zero-order chi connectivity index (χ0) is 23.9. The molecule has 4 rings (SSSR count). The Morgan fingerprint density at radius 3 is 2.55 bits per heavy atom. The van der Waals surface area contributed by atoms with Gasteiger partial charge in [-0.25, -0.2) is 8.78 Å². The fourth-order valence-corrected chi connectivity index (χ4v) is 4.43. The van der Waals surface area contributed by atoms with Gasteiger partial charge in [0.25, 0.3) is 5.91 Å². The molecule has 1 saturated heterocycles. The molecule has 0 radical (unpaired) electrons. The van der Waals surface area contributed by atoms with E-state index in [1.807, 2.05) is 0 Å². The maximum atomic E-state index is 13.7. The monoisotopic (exact) mass is 456 g/mol. The number of amides is 4. The van der Waals surface area contributed by atoms with Crippen molar-refractivity contribution in [3.05, 3.63) is 65.2 Å². The highest BCUT2D eigenvalue weighted by molar-refractivity contribution is 6.11. The van der Waals surface area contributed by atoms with Gasteiger partial charge in [-0.2, -0.15) is 0 Å². The number of fused-ring (bicyclic) bond motifs is 3. The number of hydrogen-bond donors (Lipinski definition) is 2. The molecule has 2 N–H and O–H groups in total. The Morgan fingerprint density at radius 2 is 1.85 bits per heavy atom. The number of halogens is 2. The molecule has 0 saturated carbocycles. The minimum absolute atomic E-state index is 0.0424. The molecule has 0 bridgehead atoms. The van der Waals surface area contributed by atoms with Crippen molar-refractivity contribution in [1.29, 1.82) is 0 Å². The molecule has 33 heavy (non-hydrogen) atoms. The van der Waals surface area contributed by atoms with E-state index < -0.39 is 47.6 Å². The van der Waals surface area contributed by atoms with E-state index in [0.29, 0.717) is 17.7 Å². The van der Waals surface area contributed by atoms with Crippen LogP contribution in [0.1, 0.15) is 41.7 Å². The molecule has 2 atom stereocenters. The average Bonchev–Trinajstić information content (AvgIpc) is 3.11. The summed E-state index contributed by atoms with van der Waals surface area (Å²) in [6, 6.07) is 8.26. The molecule has 2 aliphatic rings. The van der Waals surface area contributed by atoms with Gasteiger partial charge in [0.15, 0.2) is 11.6 Å². The molecular weight excluding hydrogens is 434 g/mol. The van der Waals surface area contributed by atoms with Gasteiger partial charge in [0, 0.05) is 13.5 Å². The quantitative estimate of drug-likeness (QED) is 0.718. The highest BCUT2D eigenvalue weighted by atomic mass is 19.2. The van der Waals surface area contributed by atoms with Gasteiger partial charge in [0.1, 0.15) is 18.2 Å². The Bertz CT molecular complexity index is 1170. The Morgan fingerprint density at radius 1 is 1.12 bits per heavy atom. The molecule has 4 amide bonds. The Labute approximate surface area is 188 Å². The van der Waals surface area contributed by atoms with Crippen LogP contribution in [-0.4, -0.2) is 47.8 Å². The van der Waals surface area contributed by atoms with Crippen molar-refractivity contribution in [3.63, 3.8) is 0 Å². The van der Waals surface area contributed by atoms with E-state index in [1.54, 1.807) is 31.2 Å². The molecule has 2 aromatic rings.